The number of hydrogen-bond donors (Lipinski definition) is 0. The molecule has 0 N–H and O–H groups in total. The summed E-state index contributed by atoms with van der Waals surface area (Å²) in [5.41, 5.74) is 0. The molecule has 3 unspecified atom stereocenters. The van der Waals surface area contributed by atoms with Crippen molar-refractivity contribution in [1.82, 2.24) is 0 Å². The van der Waals surface area contributed by atoms with E-state index in [1.165, 1.54) is 44.9 Å². The Balaban J connectivity index is 2.15. The summed E-state index contributed by atoms with van der Waals surface area (Å²) in [7, 11) is 0. The van der Waals surface area contributed by atoms with Gasteiger partial charge in [-0.15, -0.1) is 0 Å². The quantitative estimate of drug-likeness (QED) is 0.527. The highest BCUT2D eigenvalue weighted by molar-refractivity contribution is 4.95. The van der Waals surface area contributed by atoms with Gasteiger partial charge in [0.1, 0.15) is 0 Å². The molecule has 0 nitrogen and oxygen atoms in total. The molecule has 0 saturated heterocycles. The zero-order chi connectivity index (χ0) is 11.1. The van der Waals surface area contributed by atoms with Crippen molar-refractivity contribution in [3.8, 4) is 0 Å². The Bertz CT molecular complexity index is 180. The summed E-state index contributed by atoms with van der Waals surface area (Å²) in [4.78, 5) is 0. The van der Waals surface area contributed by atoms with E-state index in [-0.39, 0.29) is 0 Å². The summed E-state index contributed by atoms with van der Waals surface area (Å²) in [5, 5.41) is 0. The Morgan fingerprint density at radius 2 is 2.13 bits per heavy atom. The van der Waals surface area contributed by atoms with E-state index >= 15 is 0 Å². The van der Waals surface area contributed by atoms with E-state index in [0.717, 1.165) is 17.8 Å². The zero-order valence-corrected chi connectivity index (χ0v) is 10.8. The molecule has 3 atom stereocenters. The Hall–Kier alpha value is -0.260. The van der Waals surface area contributed by atoms with Crippen molar-refractivity contribution in [3.63, 3.8) is 0 Å². The minimum atomic E-state index is 0.831. The fraction of sp³-hybridized carbons (Fsp3) is 0.867. The molecule has 0 heterocycles. The molecule has 0 spiro atoms. The normalized spacial score (nSPS) is 27.9. The third-order valence-corrected chi connectivity index (χ3v) is 3.97. The summed E-state index contributed by atoms with van der Waals surface area (Å²) >= 11 is 0. The first-order valence-corrected chi connectivity index (χ1v) is 6.90. The second-order valence-electron chi connectivity index (χ2n) is 5.45. The van der Waals surface area contributed by atoms with Gasteiger partial charge in [0.05, 0.1) is 0 Å². The Morgan fingerprint density at radius 3 is 2.80 bits per heavy atom. The molecule has 0 radical (unpaired) electrons. The number of unbranched alkanes of at least 4 members (excludes halogenated alkanes) is 1. The average molecular weight is 208 g/mol. The zero-order valence-electron chi connectivity index (χ0n) is 10.8. The van der Waals surface area contributed by atoms with E-state index in [1.807, 2.05) is 0 Å². The number of allylic oxidation sites excluding steroid dienone is 2. The molecule has 1 rings (SSSR count). The van der Waals surface area contributed by atoms with Gasteiger partial charge in [-0.2, -0.15) is 0 Å². The summed E-state index contributed by atoms with van der Waals surface area (Å²) < 4.78 is 0. The molecular weight excluding hydrogens is 180 g/mol. The maximum absolute atomic E-state index is 2.43. The summed E-state index contributed by atoms with van der Waals surface area (Å²) in [6.07, 6.45) is 14.6. The van der Waals surface area contributed by atoms with Crippen molar-refractivity contribution in [2.24, 2.45) is 17.8 Å². The molecule has 0 aromatic heterocycles. The van der Waals surface area contributed by atoms with Crippen LogP contribution in [-0.4, -0.2) is 0 Å². The predicted molar refractivity (Wildman–Crippen MR) is 69.0 cm³/mol. The van der Waals surface area contributed by atoms with E-state index in [0.29, 0.717) is 0 Å². The van der Waals surface area contributed by atoms with Crippen molar-refractivity contribution >= 4 is 0 Å². The molecule has 1 aliphatic carbocycles. The SMILES string of the molecule is CCCCC(C)CCC1CCC=CC1C. The highest BCUT2D eigenvalue weighted by Gasteiger charge is 2.17. The highest BCUT2D eigenvalue weighted by atomic mass is 14.2. The molecule has 0 amide bonds. The molecule has 0 aliphatic heterocycles. The molecule has 15 heavy (non-hydrogen) atoms. The Morgan fingerprint density at radius 1 is 1.33 bits per heavy atom. The first-order chi connectivity index (χ1) is 7.24. The third kappa shape index (κ3) is 4.86. The van der Waals surface area contributed by atoms with Gasteiger partial charge in [-0.05, 0) is 37.0 Å². The first-order valence-electron chi connectivity index (χ1n) is 6.90. The fourth-order valence-electron chi connectivity index (χ4n) is 2.64. The predicted octanol–water partition coefficient (Wildman–Crippen LogP) is 5.20. The lowest BCUT2D eigenvalue weighted by Crippen LogP contribution is -2.14. The van der Waals surface area contributed by atoms with Crippen LogP contribution in [0.4, 0.5) is 0 Å². The fourth-order valence-corrected chi connectivity index (χ4v) is 2.64. The largest absolute Gasteiger partial charge is 0.0882 e. The standard InChI is InChI=1S/C15H28/c1-4-5-8-13(2)11-12-15-10-7-6-9-14(15)3/h6,9,13-15H,4-5,7-8,10-12H2,1-3H3. The van der Waals surface area contributed by atoms with Crippen LogP contribution in [0.5, 0.6) is 0 Å². The van der Waals surface area contributed by atoms with E-state index in [1.54, 1.807) is 0 Å². The van der Waals surface area contributed by atoms with Crippen LogP contribution in [0.15, 0.2) is 12.2 Å². The van der Waals surface area contributed by atoms with Crippen molar-refractivity contribution in [1.29, 1.82) is 0 Å². The van der Waals surface area contributed by atoms with E-state index in [4.69, 9.17) is 0 Å². The minimum Gasteiger partial charge on any atom is -0.0882 e. The molecular formula is C15H28. The van der Waals surface area contributed by atoms with Gasteiger partial charge in [0, 0.05) is 0 Å². The van der Waals surface area contributed by atoms with Crippen LogP contribution in [0.1, 0.15) is 65.7 Å². The second-order valence-corrected chi connectivity index (χ2v) is 5.45. The second kappa shape index (κ2) is 7.09. The van der Waals surface area contributed by atoms with Gasteiger partial charge in [0.25, 0.3) is 0 Å². The van der Waals surface area contributed by atoms with Crippen LogP contribution in [0.25, 0.3) is 0 Å². The number of hydrogen-bond acceptors (Lipinski definition) is 0. The maximum Gasteiger partial charge on any atom is -0.0233 e. The van der Waals surface area contributed by atoms with Gasteiger partial charge in [-0.25, -0.2) is 0 Å². The van der Waals surface area contributed by atoms with Gasteiger partial charge in [-0.1, -0.05) is 58.6 Å². The topological polar surface area (TPSA) is 0 Å². The lowest BCUT2D eigenvalue weighted by Gasteiger charge is -2.25. The van der Waals surface area contributed by atoms with Crippen LogP contribution in [-0.2, 0) is 0 Å². The van der Waals surface area contributed by atoms with Gasteiger partial charge in [0.2, 0.25) is 0 Å². The Labute approximate surface area is 96.2 Å². The van der Waals surface area contributed by atoms with Crippen molar-refractivity contribution in [2.75, 3.05) is 0 Å². The molecule has 0 aromatic rings. The van der Waals surface area contributed by atoms with Crippen LogP contribution >= 0.6 is 0 Å². The van der Waals surface area contributed by atoms with Crippen molar-refractivity contribution < 1.29 is 0 Å². The lowest BCUT2D eigenvalue weighted by atomic mass is 9.80. The highest BCUT2D eigenvalue weighted by Crippen LogP contribution is 2.30. The monoisotopic (exact) mass is 208 g/mol. The van der Waals surface area contributed by atoms with E-state index in [9.17, 15) is 0 Å². The summed E-state index contributed by atoms with van der Waals surface area (Å²) in [6.45, 7) is 7.11. The third-order valence-electron chi connectivity index (χ3n) is 3.97. The molecule has 0 heteroatoms. The van der Waals surface area contributed by atoms with E-state index in [2.05, 4.69) is 32.9 Å². The molecule has 0 saturated carbocycles. The molecule has 88 valence electrons. The van der Waals surface area contributed by atoms with Gasteiger partial charge >= 0.3 is 0 Å². The van der Waals surface area contributed by atoms with Gasteiger partial charge in [0.15, 0.2) is 0 Å². The first kappa shape index (κ1) is 12.8. The van der Waals surface area contributed by atoms with Crippen LogP contribution in [0.2, 0.25) is 0 Å². The van der Waals surface area contributed by atoms with Crippen LogP contribution in [0.3, 0.4) is 0 Å². The smallest absolute Gasteiger partial charge is 0.0233 e. The Kier molecular flexibility index (Phi) is 6.05. The summed E-state index contributed by atoms with van der Waals surface area (Å²) in [5.74, 6) is 2.75. The molecule has 0 aromatic carbocycles. The van der Waals surface area contributed by atoms with Gasteiger partial charge in [-0.3, -0.25) is 0 Å². The maximum atomic E-state index is 2.43. The minimum absolute atomic E-state index is 0.831. The van der Waals surface area contributed by atoms with E-state index < -0.39 is 0 Å². The van der Waals surface area contributed by atoms with Crippen LogP contribution < -0.4 is 0 Å². The molecule has 0 fully saturated rings. The molecule has 0 bridgehead atoms. The average Bonchev–Trinajstić information content (AvgIpc) is 2.25. The van der Waals surface area contributed by atoms with Crippen molar-refractivity contribution in [2.45, 2.75) is 65.7 Å². The van der Waals surface area contributed by atoms with Crippen LogP contribution in [0, 0.1) is 17.8 Å². The lowest BCUT2D eigenvalue weighted by molar-refractivity contribution is 0.313. The molecule has 1 aliphatic rings. The number of rotatable bonds is 6. The summed E-state index contributed by atoms with van der Waals surface area (Å²) in [6, 6.07) is 0. The van der Waals surface area contributed by atoms with Gasteiger partial charge < -0.3 is 0 Å². The van der Waals surface area contributed by atoms with Crippen molar-refractivity contribution in [3.05, 3.63) is 12.2 Å².